The van der Waals surface area contributed by atoms with Crippen LogP contribution in [0.1, 0.15) is 23.3 Å². The quantitative estimate of drug-likeness (QED) is 0.429. The van der Waals surface area contributed by atoms with Gasteiger partial charge < -0.3 is 20.0 Å². The van der Waals surface area contributed by atoms with Crippen LogP contribution in [0.5, 0.6) is 0 Å². The lowest BCUT2D eigenvalue weighted by Crippen LogP contribution is -2.46. The zero-order chi connectivity index (χ0) is 24.5. The Morgan fingerprint density at radius 1 is 0.914 bits per heavy atom. The second kappa shape index (κ2) is 12.5. The zero-order valence-electron chi connectivity index (χ0n) is 19.7. The third kappa shape index (κ3) is 7.63. The summed E-state index contributed by atoms with van der Waals surface area (Å²) < 4.78 is 13.4. The molecule has 0 bridgehead atoms. The number of halogens is 1. The number of hydrogen-bond donors (Lipinski definition) is 1. The van der Waals surface area contributed by atoms with Crippen LogP contribution in [0.15, 0.2) is 72.1 Å². The Kier molecular flexibility index (Phi) is 8.86. The summed E-state index contributed by atoms with van der Waals surface area (Å²) >= 11 is 1.58. The molecular weight excluding hydrogens is 463 g/mol. The average molecular weight is 495 g/mol. The fourth-order valence-electron chi connectivity index (χ4n) is 4.14. The molecule has 4 rings (SSSR count). The van der Waals surface area contributed by atoms with Crippen LogP contribution in [0.4, 0.5) is 14.9 Å². The second-order valence-corrected chi connectivity index (χ2v) is 9.75. The van der Waals surface area contributed by atoms with E-state index in [2.05, 4.69) is 10.2 Å². The van der Waals surface area contributed by atoms with Gasteiger partial charge in [-0.3, -0.25) is 4.79 Å². The molecule has 8 heteroatoms. The van der Waals surface area contributed by atoms with E-state index in [9.17, 15) is 14.0 Å². The smallest absolute Gasteiger partial charge is 0.322 e. The van der Waals surface area contributed by atoms with Crippen molar-refractivity contribution in [3.8, 4) is 0 Å². The van der Waals surface area contributed by atoms with Crippen molar-refractivity contribution in [3.05, 3.63) is 88.4 Å². The lowest BCUT2D eigenvalue weighted by Gasteiger charge is -2.29. The summed E-state index contributed by atoms with van der Waals surface area (Å²) in [6.07, 6.45) is 2.34. The molecule has 1 N–H and O–H groups in total. The Morgan fingerprint density at radius 2 is 1.66 bits per heavy atom. The molecule has 1 aliphatic rings. The molecule has 0 aliphatic carbocycles. The van der Waals surface area contributed by atoms with E-state index in [1.165, 1.54) is 25.0 Å². The molecule has 0 atom stereocenters. The van der Waals surface area contributed by atoms with Crippen LogP contribution in [-0.2, 0) is 17.9 Å². The van der Waals surface area contributed by atoms with Crippen molar-refractivity contribution in [3.63, 3.8) is 0 Å². The molecule has 0 saturated carbocycles. The highest BCUT2D eigenvalue weighted by Gasteiger charge is 2.23. The number of nitrogens with one attached hydrogen (secondary N) is 1. The predicted molar refractivity (Wildman–Crippen MR) is 138 cm³/mol. The first-order chi connectivity index (χ1) is 17.1. The first kappa shape index (κ1) is 24.9. The van der Waals surface area contributed by atoms with Gasteiger partial charge in [0, 0.05) is 30.2 Å². The molecule has 1 aromatic heterocycles. The van der Waals surface area contributed by atoms with Crippen LogP contribution in [-0.4, -0.2) is 59.4 Å². The Hall–Kier alpha value is -3.23. The topological polar surface area (TPSA) is 55.9 Å². The minimum atomic E-state index is -0.310. The molecule has 1 aliphatic heterocycles. The molecular formula is C27H31FN4O2S. The third-order valence-corrected chi connectivity index (χ3v) is 6.95. The zero-order valence-corrected chi connectivity index (χ0v) is 20.6. The van der Waals surface area contributed by atoms with Crippen molar-refractivity contribution in [2.45, 2.75) is 25.9 Å². The van der Waals surface area contributed by atoms with Gasteiger partial charge >= 0.3 is 6.03 Å². The summed E-state index contributed by atoms with van der Waals surface area (Å²) in [7, 11) is 0. The maximum atomic E-state index is 13.5. The van der Waals surface area contributed by atoms with E-state index >= 15 is 0 Å². The molecule has 0 spiro atoms. The van der Waals surface area contributed by atoms with E-state index in [1.54, 1.807) is 33.3 Å². The molecule has 1 saturated heterocycles. The fourth-order valence-corrected chi connectivity index (χ4v) is 4.86. The van der Waals surface area contributed by atoms with Gasteiger partial charge in [-0.1, -0.05) is 36.4 Å². The number of likely N-dealkylation sites (tertiary alicyclic amines) is 1. The van der Waals surface area contributed by atoms with Crippen LogP contribution in [0.2, 0.25) is 0 Å². The Morgan fingerprint density at radius 3 is 2.34 bits per heavy atom. The molecule has 184 valence electrons. The van der Waals surface area contributed by atoms with Crippen molar-refractivity contribution in [1.29, 1.82) is 0 Å². The van der Waals surface area contributed by atoms with Crippen LogP contribution >= 0.6 is 11.3 Å². The summed E-state index contributed by atoms with van der Waals surface area (Å²) in [5.74, 6) is -0.456. The number of amides is 3. The standard InChI is InChI=1S/C27H31FN4O2S/c28-23-12-10-22(11-13-23)19-32(20-25-9-6-18-35-25)26(33)21-31(17-16-30-14-4-5-15-30)27(34)29-24-7-2-1-3-8-24/h1-3,6-13,18H,4-5,14-17,19-21H2,(H,29,34). The van der Waals surface area contributed by atoms with Crippen molar-refractivity contribution < 1.29 is 14.0 Å². The number of rotatable bonds is 10. The number of carbonyl (C=O) groups excluding carboxylic acids is 2. The SMILES string of the molecule is O=C(CN(CCN1CCCC1)C(=O)Nc1ccccc1)N(Cc1ccc(F)cc1)Cc1cccs1. The lowest BCUT2D eigenvalue weighted by molar-refractivity contribution is -0.133. The van der Waals surface area contributed by atoms with E-state index in [0.717, 1.165) is 30.1 Å². The summed E-state index contributed by atoms with van der Waals surface area (Å²) in [5.41, 5.74) is 1.53. The van der Waals surface area contributed by atoms with Crippen molar-refractivity contribution in [1.82, 2.24) is 14.7 Å². The molecule has 2 aromatic carbocycles. The van der Waals surface area contributed by atoms with Gasteiger partial charge in [-0.2, -0.15) is 0 Å². The van der Waals surface area contributed by atoms with E-state index in [1.807, 2.05) is 47.8 Å². The number of thiophene rings is 1. The highest BCUT2D eigenvalue weighted by atomic mass is 32.1. The number of para-hydroxylation sites is 1. The summed E-state index contributed by atoms with van der Waals surface area (Å²) in [4.78, 5) is 33.4. The summed E-state index contributed by atoms with van der Waals surface area (Å²) in [6, 6.07) is 19.1. The second-order valence-electron chi connectivity index (χ2n) is 8.72. The first-order valence-corrected chi connectivity index (χ1v) is 12.8. The van der Waals surface area contributed by atoms with E-state index in [4.69, 9.17) is 0 Å². The minimum Gasteiger partial charge on any atom is -0.332 e. The fraction of sp³-hybridized carbons (Fsp3) is 0.333. The molecule has 3 aromatic rings. The van der Waals surface area contributed by atoms with E-state index < -0.39 is 0 Å². The largest absolute Gasteiger partial charge is 0.332 e. The summed E-state index contributed by atoms with van der Waals surface area (Å²) in [6.45, 7) is 4.00. The minimum absolute atomic E-state index is 0.0287. The molecule has 35 heavy (non-hydrogen) atoms. The molecule has 6 nitrogen and oxygen atoms in total. The van der Waals surface area contributed by atoms with Crippen molar-refractivity contribution in [2.24, 2.45) is 0 Å². The third-order valence-electron chi connectivity index (χ3n) is 6.09. The Bertz CT molecular complexity index is 1070. The van der Waals surface area contributed by atoms with Crippen LogP contribution in [0.3, 0.4) is 0 Å². The molecule has 1 fully saturated rings. The number of carbonyl (C=O) groups is 2. The number of anilines is 1. The van der Waals surface area contributed by atoms with Gasteiger partial charge in [0.05, 0.1) is 6.54 Å². The Balaban J connectivity index is 1.48. The van der Waals surface area contributed by atoms with Crippen LogP contribution < -0.4 is 5.32 Å². The van der Waals surface area contributed by atoms with Crippen molar-refractivity contribution >= 4 is 29.0 Å². The lowest BCUT2D eigenvalue weighted by atomic mass is 10.2. The molecule has 0 unspecified atom stereocenters. The normalized spacial score (nSPS) is 13.5. The van der Waals surface area contributed by atoms with Gasteiger partial charge in [-0.25, -0.2) is 9.18 Å². The number of urea groups is 1. The van der Waals surface area contributed by atoms with Gasteiger partial charge in [-0.05, 0) is 67.2 Å². The van der Waals surface area contributed by atoms with Gasteiger partial charge in [-0.15, -0.1) is 11.3 Å². The van der Waals surface area contributed by atoms with Gasteiger partial charge in [0.1, 0.15) is 12.4 Å². The van der Waals surface area contributed by atoms with Gasteiger partial charge in [0.25, 0.3) is 0 Å². The predicted octanol–water partition coefficient (Wildman–Crippen LogP) is 5.05. The van der Waals surface area contributed by atoms with Crippen molar-refractivity contribution in [2.75, 3.05) is 38.0 Å². The number of hydrogen-bond acceptors (Lipinski definition) is 4. The van der Waals surface area contributed by atoms with Crippen LogP contribution in [0, 0.1) is 5.82 Å². The van der Waals surface area contributed by atoms with E-state index in [-0.39, 0.29) is 24.3 Å². The monoisotopic (exact) mass is 494 g/mol. The average Bonchev–Trinajstić information content (AvgIpc) is 3.57. The highest BCUT2D eigenvalue weighted by Crippen LogP contribution is 2.16. The highest BCUT2D eigenvalue weighted by molar-refractivity contribution is 7.09. The van der Waals surface area contributed by atoms with Gasteiger partial charge in [0.2, 0.25) is 5.91 Å². The van der Waals surface area contributed by atoms with Gasteiger partial charge in [0.15, 0.2) is 0 Å². The molecule has 3 amide bonds. The van der Waals surface area contributed by atoms with E-state index in [0.29, 0.717) is 25.3 Å². The molecule has 0 radical (unpaired) electrons. The van der Waals surface area contributed by atoms with Crippen LogP contribution in [0.25, 0.3) is 0 Å². The molecule has 2 heterocycles. The summed E-state index contributed by atoms with van der Waals surface area (Å²) in [5, 5.41) is 4.90. The number of nitrogens with zero attached hydrogens (tertiary/aromatic N) is 3. The first-order valence-electron chi connectivity index (χ1n) is 11.9. The maximum Gasteiger partial charge on any atom is 0.322 e. The maximum absolute atomic E-state index is 13.5. The number of benzene rings is 2. The Labute approximate surface area is 210 Å².